The van der Waals surface area contributed by atoms with E-state index in [0.29, 0.717) is 11.4 Å². The van der Waals surface area contributed by atoms with Crippen molar-refractivity contribution in [2.24, 2.45) is 14.1 Å². The van der Waals surface area contributed by atoms with Gasteiger partial charge in [-0.15, -0.1) is 5.10 Å². The second kappa shape index (κ2) is 4.97. The average molecular weight is 311 g/mol. The Hall–Kier alpha value is -2.65. The van der Waals surface area contributed by atoms with Crippen LogP contribution in [0.4, 0.5) is 13.2 Å². The quantitative estimate of drug-likeness (QED) is 0.735. The fourth-order valence-corrected chi connectivity index (χ4v) is 2.02. The van der Waals surface area contributed by atoms with Gasteiger partial charge >= 0.3 is 6.18 Å². The van der Waals surface area contributed by atoms with Crippen molar-refractivity contribution >= 4 is 0 Å². The van der Waals surface area contributed by atoms with Gasteiger partial charge in [0, 0.05) is 25.9 Å². The molecule has 22 heavy (non-hydrogen) atoms. The second-order valence-corrected chi connectivity index (χ2v) is 4.85. The molecule has 10 heteroatoms. The Morgan fingerprint density at radius 1 is 1.18 bits per heavy atom. The molecule has 0 amide bonds. The Balaban J connectivity index is 1.82. The molecule has 3 aromatic rings. The van der Waals surface area contributed by atoms with Crippen LogP contribution in [0.25, 0.3) is 11.3 Å². The number of alkyl halides is 3. The van der Waals surface area contributed by atoms with E-state index in [9.17, 15) is 13.2 Å². The molecule has 0 spiro atoms. The fourth-order valence-electron chi connectivity index (χ4n) is 2.02. The van der Waals surface area contributed by atoms with Gasteiger partial charge in [0.25, 0.3) is 0 Å². The lowest BCUT2D eigenvalue weighted by Gasteiger charge is -2.00. The Bertz CT molecular complexity index is 796. The van der Waals surface area contributed by atoms with E-state index in [4.69, 9.17) is 0 Å². The van der Waals surface area contributed by atoms with Crippen molar-refractivity contribution in [3.05, 3.63) is 36.0 Å². The number of hydrogen-bond donors (Lipinski definition) is 0. The molecular formula is C12H12F3N7. The zero-order chi connectivity index (χ0) is 15.9. The largest absolute Gasteiger partial charge is 0.435 e. The molecule has 3 heterocycles. The topological polar surface area (TPSA) is 66.3 Å². The molecule has 7 nitrogen and oxygen atoms in total. The normalized spacial score (nSPS) is 12.0. The molecule has 0 bridgehead atoms. The molecule has 0 radical (unpaired) electrons. The molecule has 0 saturated carbocycles. The first kappa shape index (κ1) is 14.3. The Kier molecular flexibility index (Phi) is 3.23. The van der Waals surface area contributed by atoms with Gasteiger partial charge in [-0.3, -0.25) is 9.36 Å². The Morgan fingerprint density at radius 3 is 2.55 bits per heavy atom. The lowest BCUT2D eigenvalue weighted by molar-refractivity contribution is -0.141. The highest BCUT2D eigenvalue weighted by atomic mass is 19.4. The maximum Gasteiger partial charge on any atom is 0.435 e. The fraction of sp³-hybridized carbons (Fsp3) is 0.333. The zero-order valence-electron chi connectivity index (χ0n) is 11.8. The third kappa shape index (κ3) is 2.71. The summed E-state index contributed by atoms with van der Waals surface area (Å²) in [7, 11) is 3.24. The van der Waals surface area contributed by atoms with Crippen LogP contribution in [0, 0.1) is 0 Å². The summed E-state index contributed by atoms with van der Waals surface area (Å²) >= 11 is 0. The molecule has 3 rings (SSSR count). The molecule has 3 aromatic heterocycles. The van der Waals surface area contributed by atoms with E-state index in [1.54, 1.807) is 30.3 Å². The van der Waals surface area contributed by atoms with Crippen molar-refractivity contribution in [1.82, 2.24) is 34.6 Å². The highest BCUT2D eigenvalue weighted by molar-refractivity contribution is 5.54. The summed E-state index contributed by atoms with van der Waals surface area (Å²) < 4.78 is 42.2. The van der Waals surface area contributed by atoms with Gasteiger partial charge in [0.1, 0.15) is 5.69 Å². The molecule has 0 fully saturated rings. The summed E-state index contributed by atoms with van der Waals surface area (Å²) in [5.41, 5.74) is 0.855. The van der Waals surface area contributed by atoms with E-state index in [2.05, 4.69) is 20.5 Å². The van der Waals surface area contributed by atoms with Crippen molar-refractivity contribution in [2.75, 3.05) is 0 Å². The van der Waals surface area contributed by atoms with Crippen LogP contribution in [-0.2, 0) is 26.8 Å². The maximum absolute atomic E-state index is 12.6. The Labute approximate surface area is 123 Å². The number of nitrogens with zero attached hydrogens (tertiary/aromatic N) is 7. The van der Waals surface area contributed by atoms with E-state index in [0.717, 1.165) is 11.6 Å². The Morgan fingerprint density at radius 2 is 1.95 bits per heavy atom. The van der Waals surface area contributed by atoms with Crippen LogP contribution in [0.15, 0.2) is 24.7 Å². The van der Waals surface area contributed by atoms with Crippen molar-refractivity contribution in [3.8, 4) is 11.3 Å². The van der Waals surface area contributed by atoms with Crippen LogP contribution in [0.3, 0.4) is 0 Å². The first-order valence-electron chi connectivity index (χ1n) is 6.32. The molecule has 116 valence electrons. The van der Waals surface area contributed by atoms with Crippen molar-refractivity contribution in [2.45, 2.75) is 12.7 Å². The minimum Gasteiger partial charge on any atom is -0.275 e. The molecule has 0 atom stereocenters. The SMILES string of the molecule is Cn1cc(-c2cn(Cc3cc(C(F)(F)F)nn3C)nn2)cn1. The minimum atomic E-state index is -4.46. The third-order valence-electron chi connectivity index (χ3n) is 3.13. The van der Waals surface area contributed by atoms with Crippen LogP contribution >= 0.6 is 0 Å². The van der Waals surface area contributed by atoms with Gasteiger partial charge in [0.05, 0.1) is 24.6 Å². The van der Waals surface area contributed by atoms with Crippen molar-refractivity contribution in [3.63, 3.8) is 0 Å². The van der Waals surface area contributed by atoms with Crippen LogP contribution in [0.2, 0.25) is 0 Å². The molecule has 0 aliphatic heterocycles. The predicted molar refractivity (Wildman–Crippen MR) is 69.5 cm³/mol. The summed E-state index contributed by atoms with van der Waals surface area (Å²) in [5, 5.41) is 15.4. The summed E-state index contributed by atoms with van der Waals surface area (Å²) in [5.74, 6) is 0. The first-order chi connectivity index (χ1) is 10.3. The third-order valence-corrected chi connectivity index (χ3v) is 3.13. The number of rotatable bonds is 3. The van der Waals surface area contributed by atoms with Gasteiger partial charge in [-0.1, -0.05) is 5.21 Å². The lowest BCUT2D eigenvalue weighted by atomic mass is 10.3. The van der Waals surface area contributed by atoms with Gasteiger partial charge in [-0.2, -0.15) is 23.4 Å². The summed E-state index contributed by atoms with van der Waals surface area (Å²) in [6.07, 6.45) is 0.608. The van der Waals surface area contributed by atoms with Crippen LogP contribution in [-0.4, -0.2) is 34.6 Å². The van der Waals surface area contributed by atoms with E-state index < -0.39 is 11.9 Å². The highest BCUT2D eigenvalue weighted by Gasteiger charge is 2.34. The van der Waals surface area contributed by atoms with E-state index in [-0.39, 0.29) is 6.54 Å². The van der Waals surface area contributed by atoms with Gasteiger partial charge in [0.15, 0.2) is 5.69 Å². The van der Waals surface area contributed by atoms with Gasteiger partial charge in [0.2, 0.25) is 0 Å². The number of hydrogen-bond acceptors (Lipinski definition) is 4. The molecule has 0 saturated heterocycles. The van der Waals surface area contributed by atoms with Crippen molar-refractivity contribution < 1.29 is 13.2 Å². The van der Waals surface area contributed by atoms with E-state index in [1.807, 2.05) is 0 Å². The van der Waals surface area contributed by atoms with Crippen LogP contribution in [0.5, 0.6) is 0 Å². The monoisotopic (exact) mass is 311 g/mol. The highest BCUT2D eigenvalue weighted by Crippen LogP contribution is 2.28. The van der Waals surface area contributed by atoms with Gasteiger partial charge < -0.3 is 0 Å². The molecule has 0 unspecified atom stereocenters. The maximum atomic E-state index is 12.6. The molecule has 0 aliphatic rings. The second-order valence-electron chi connectivity index (χ2n) is 4.85. The summed E-state index contributed by atoms with van der Waals surface area (Å²) in [4.78, 5) is 0. The molecular weight excluding hydrogens is 299 g/mol. The van der Waals surface area contributed by atoms with Gasteiger partial charge in [-0.25, -0.2) is 4.68 Å². The molecule has 0 N–H and O–H groups in total. The average Bonchev–Trinajstić information content (AvgIpc) is 3.11. The van der Waals surface area contributed by atoms with Crippen molar-refractivity contribution in [1.29, 1.82) is 0 Å². The van der Waals surface area contributed by atoms with E-state index in [1.165, 1.54) is 16.4 Å². The first-order valence-corrected chi connectivity index (χ1v) is 6.32. The zero-order valence-corrected chi connectivity index (χ0v) is 11.8. The number of halogens is 3. The van der Waals surface area contributed by atoms with Crippen LogP contribution < -0.4 is 0 Å². The minimum absolute atomic E-state index is 0.146. The number of aromatic nitrogens is 7. The molecule has 0 aliphatic carbocycles. The lowest BCUT2D eigenvalue weighted by Crippen LogP contribution is -2.07. The standard InChI is InChI=1S/C12H12F3N7/c1-20-5-8(4-16-20)10-7-22(19-17-10)6-9-3-11(12(13,14)15)18-21(9)2/h3-5,7H,6H2,1-2H3. The summed E-state index contributed by atoms with van der Waals surface area (Å²) in [6, 6.07) is 1.01. The smallest absolute Gasteiger partial charge is 0.275 e. The number of aryl methyl sites for hydroxylation is 2. The molecule has 0 aromatic carbocycles. The van der Waals surface area contributed by atoms with Crippen LogP contribution in [0.1, 0.15) is 11.4 Å². The van der Waals surface area contributed by atoms with Gasteiger partial charge in [-0.05, 0) is 6.07 Å². The van der Waals surface area contributed by atoms with E-state index >= 15 is 0 Å². The predicted octanol–water partition coefficient (Wildman–Crippen LogP) is 1.48. The summed E-state index contributed by atoms with van der Waals surface area (Å²) in [6.45, 7) is 0.146.